The highest BCUT2D eigenvalue weighted by Gasteiger charge is 2.24. The highest BCUT2D eigenvalue weighted by molar-refractivity contribution is 14.1. The van der Waals surface area contributed by atoms with E-state index in [0.717, 1.165) is 108 Å². The van der Waals surface area contributed by atoms with E-state index in [1.54, 1.807) is 45.0 Å². The van der Waals surface area contributed by atoms with Crippen LogP contribution in [-0.4, -0.2) is 69.3 Å². The molecule has 1 aliphatic carbocycles. The number of esters is 1. The summed E-state index contributed by atoms with van der Waals surface area (Å²) in [6.45, 7) is 16.2. The van der Waals surface area contributed by atoms with Gasteiger partial charge in [-0.1, -0.05) is 75.9 Å². The van der Waals surface area contributed by atoms with E-state index in [0.29, 0.717) is 69.0 Å². The van der Waals surface area contributed by atoms with Crippen molar-refractivity contribution in [3.8, 4) is 34.8 Å². The van der Waals surface area contributed by atoms with Gasteiger partial charge in [0.15, 0.2) is 6.61 Å². The zero-order chi connectivity index (χ0) is 59.1. The zero-order valence-corrected chi connectivity index (χ0v) is 51.0. The highest BCUT2D eigenvalue weighted by atomic mass is 127. The number of carbonyl (C=O) groups is 4. The molecule has 0 radical (unpaired) electrons. The van der Waals surface area contributed by atoms with Crippen molar-refractivity contribution in [3.63, 3.8) is 0 Å². The van der Waals surface area contributed by atoms with Gasteiger partial charge in [0.1, 0.15) is 28.6 Å². The van der Waals surface area contributed by atoms with Crippen molar-refractivity contribution in [1.29, 1.82) is 0 Å². The lowest BCUT2D eigenvalue weighted by atomic mass is 9.89. The predicted octanol–water partition coefficient (Wildman–Crippen LogP) is 13.6. The van der Waals surface area contributed by atoms with Gasteiger partial charge in [-0.3, -0.25) is 4.79 Å². The van der Waals surface area contributed by atoms with Crippen molar-refractivity contribution >= 4 is 58.1 Å². The van der Waals surface area contributed by atoms with Crippen LogP contribution in [0.15, 0.2) is 109 Å². The van der Waals surface area contributed by atoms with Crippen LogP contribution in [-0.2, 0) is 53.0 Å². The fraction of sp³-hybridized carbons (Fsp3) is 0.373. The first-order chi connectivity index (χ1) is 40.1. The molecule has 0 aromatic heterocycles. The number of halogens is 1. The summed E-state index contributed by atoms with van der Waals surface area (Å²) in [5.74, 6) is 8.53. The number of carbonyl (C=O) groups excluding carboxylic acids is 4. The maximum absolute atomic E-state index is 13.6. The van der Waals surface area contributed by atoms with E-state index in [1.165, 1.54) is 0 Å². The summed E-state index contributed by atoms with van der Waals surface area (Å²) < 4.78 is 38.6. The Bertz CT molecular complexity index is 3130. The molecule has 438 valence electrons. The molecule has 0 aliphatic heterocycles. The van der Waals surface area contributed by atoms with Crippen LogP contribution < -0.4 is 45.5 Å². The normalized spacial score (nSPS) is 11.7. The van der Waals surface area contributed by atoms with E-state index in [2.05, 4.69) is 149 Å². The van der Waals surface area contributed by atoms with Gasteiger partial charge in [-0.05, 0) is 197 Å². The van der Waals surface area contributed by atoms with Crippen molar-refractivity contribution in [2.24, 2.45) is 0 Å². The Balaban J connectivity index is 1.18. The van der Waals surface area contributed by atoms with Crippen LogP contribution in [0.25, 0.3) is 0 Å². The fourth-order valence-corrected chi connectivity index (χ4v) is 9.75. The molecule has 6 aromatic carbocycles. The summed E-state index contributed by atoms with van der Waals surface area (Å²) in [4.78, 5) is 51.0. The van der Waals surface area contributed by atoms with Gasteiger partial charge in [0.05, 0.1) is 32.8 Å². The first-order valence-electron chi connectivity index (χ1n) is 28.7. The third-order valence-electron chi connectivity index (χ3n) is 13.0. The molecular weight excluding hydrogens is 1160 g/mol. The smallest absolute Gasteiger partial charge is 0.407 e. The average molecular weight is 1240 g/mol. The first-order valence-corrected chi connectivity index (χ1v) is 29.8. The molecule has 5 amide bonds. The Morgan fingerprint density at radius 2 is 0.904 bits per heavy atom. The summed E-state index contributed by atoms with van der Waals surface area (Å²) in [7, 11) is 0. The van der Waals surface area contributed by atoms with Gasteiger partial charge in [-0.25, -0.2) is 14.4 Å². The molecule has 8 bridgehead atoms. The molecule has 0 saturated heterocycles. The van der Waals surface area contributed by atoms with E-state index >= 15 is 0 Å². The summed E-state index contributed by atoms with van der Waals surface area (Å²) in [5, 5.41) is 14.7. The second-order valence-electron chi connectivity index (χ2n) is 21.2. The number of urea groups is 2. The minimum absolute atomic E-state index is 0.0209. The SMILES string of the molecule is CCCOc1c2cccc1Cc1cc(CNC(=O)Nc3ccc(C#CCOC(=O)CCNC(=O)OC(C)(C)C)cc3)cc(c1OCCC)Cc1cccc(c1OCCC)Cc1cc(CNC(=O)Nc3ccc(I)cc3)cc(c1OCCC)C2. The number of benzene rings is 6. The van der Waals surface area contributed by atoms with Crippen LogP contribution in [0.1, 0.15) is 142 Å². The Morgan fingerprint density at radius 1 is 0.518 bits per heavy atom. The minimum Gasteiger partial charge on any atom is -0.493 e. The molecule has 0 saturated carbocycles. The lowest BCUT2D eigenvalue weighted by Gasteiger charge is -2.24. The molecule has 0 heterocycles. The number of hydrogen-bond acceptors (Lipinski definition) is 10. The molecule has 7 rings (SSSR count). The molecule has 5 N–H and O–H groups in total. The summed E-state index contributed by atoms with van der Waals surface area (Å²) in [5.41, 5.74) is 11.0. The number of ether oxygens (including phenoxy) is 6. The van der Waals surface area contributed by atoms with Crippen molar-refractivity contribution < 1.29 is 47.6 Å². The maximum atomic E-state index is 13.6. The number of anilines is 2. The second-order valence-corrected chi connectivity index (χ2v) is 22.5. The molecule has 0 spiro atoms. The van der Waals surface area contributed by atoms with Gasteiger partial charge in [-0.15, -0.1) is 0 Å². The van der Waals surface area contributed by atoms with Gasteiger partial charge in [0.25, 0.3) is 0 Å². The number of fused-ring (bicyclic) bond motifs is 8. The van der Waals surface area contributed by atoms with Crippen molar-refractivity contribution in [2.45, 2.75) is 125 Å². The van der Waals surface area contributed by atoms with Crippen LogP contribution in [0.4, 0.5) is 25.8 Å². The Hall–Kier alpha value is -7.91. The zero-order valence-electron chi connectivity index (χ0n) is 48.9. The Kier molecular flexibility index (Phi) is 23.8. The number of amides is 5. The van der Waals surface area contributed by atoms with Gasteiger partial charge in [0, 0.05) is 65.8 Å². The molecule has 0 fully saturated rings. The maximum Gasteiger partial charge on any atom is 0.407 e. The summed E-state index contributed by atoms with van der Waals surface area (Å²) in [6.07, 6.45) is 4.57. The van der Waals surface area contributed by atoms with Gasteiger partial charge in [-0.2, -0.15) is 0 Å². The number of nitrogens with one attached hydrogen (secondary N) is 5. The summed E-state index contributed by atoms with van der Waals surface area (Å²) in [6, 6.07) is 35.2. The molecule has 15 nitrogen and oxygen atoms in total. The lowest BCUT2D eigenvalue weighted by molar-refractivity contribution is -0.142. The molecular formula is C67H78IN5O10. The average Bonchev–Trinajstić information content (AvgIpc) is 3.48. The van der Waals surface area contributed by atoms with E-state index in [4.69, 9.17) is 28.4 Å². The predicted molar refractivity (Wildman–Crippen MR) is 334 cm³/mol. The Morgan fingerprint density at radius 3 is 1.29 bits per heavy atom. The van der Waals surface area contributed by atoms with E-state index in [9.17, 15) is 19.2 Å². The van der Waals surface area contributed by atoms with Gasteiger partial charge < -0.3 is 55.0 Å². The fourth-order valence-electron chi connectivity index (χ4n) is 9.39. The van der Waals surface area contributed by atoms with E-state index in [1.807, 2.05) is 24.3 Å². The Labute approximate surface area is 502 Å². The van der Waals surface area contributed by atoms with Crippen LogP contribution in [0, 0.1) is 15.4 Å². The second kappa shape index (κ2) is 31.5. The third kappa shape index (κ3) is 19.6. The van der Waals surface area contributed by atoms with Crippen LogP contribution >= 0.6 is 22.6 Å². The van der Waals surface area contributed by atoms with Crippen molar-refractivity contribution in [2.75, 3.05) is 50.2 Å². The molecule has 0 atom stereocenters. The number of para-hydroxylation sites is 2. The van der Waals surface area contributed by atoms with E-state index in [-0.39, 0.29) is 44.7 Å². The lowest BCUT2D eigenvalue weighted by Crippen LogP contribution is -2.33. The van der Waals surface area contributed by atoms with Crippen LogP contribution in [0.2, 0.25) is 0 Å². The molecule has 16 heteroatoms. The first kappa shape index (κ1) is 62.7. The van der Waals surface area contributed by atoms with Crippen molar-refractivity contribution in [1.82, 2.24) is 16.0 Å². The molecule has 1 aliphatic rings. The number of hydrogen-bond donors (Lipinski definition) is 5. The largest absolute Gasteiger partial charge is 0.493 e. The quantitative estimate of drug-likeness (QED) is 0.0249. The minimum atomic E-state index is -0.639. The van der Waals surface area contributed by atoms with Gasteiger partial charge >= 0.3 is 24.1 Å². The molecule has 0 unspecified atom stereocenters. The number of rotatable bonds is 22. The monoisotopic (exact) mass is 1240 g/mol. The summed E-state index contributed by atoms with van der Waals surface area (Å²) >= 11 is 2.25. The van der Waals surface area contributed by atoms with Crippen molar-refractivity contribution in [3.05, 3.63) is 174 Å². The molecule has 83 heavy (non-hydrogen) atoms. The highest BCUT2D eigenvalue weighted by Crippen LogP contribution is 2.40. The third-order valence-corrected chi connectivity index (χ3v) is 13.7. The molecule has 6 aromatic rings. The van der Waals surface area contributed by atoms with Gasteiger partial charge in [0.2, 0.25) is 0 Å². The standard InChI is InChI=1S/C67H78IN5O10/c1-8-30-79-60-48-16-12-18-50(60)41-54-37-47(44-71-65(76)73-58-26-22-56(68)23-27-58)38-55(63(54)82-33-11-4)42-51-19-13-17-49(61(51)80-31-9-2)40-53-36-46(35-52(39-48)62(53)81-32-10-3)43-70-64(75)72-57-24-20-45(21-25-57)15-14-34-78-59(74)28-29-69-66(77)83-67(5,6)7/h12-13,16-27,35-38H,8-11,28-34,39-44H2,1-7H3,(H,69,77)(H2,70,72,75)(H2,71,73,76). The van der Waals surface area contributed by atoms with E-state index < -0.39 is 17.7 Å². The number of alkyl carbamates (subject to hydrolysis) is 1. The topological polar surface area (TPSA) is 184 Å². The van der Waals surface area contributed by atoms with Crippen LogP contribution in [0.3, 0.4) is 0 Å². The van der Waals surface area contributed by atoms with Crippen LogP contribution in [0.5, 0.6) is 23.0 Å².